The average Bonchev–Trinajstić information content (AvgIpc) is 2.25. The van der Waals surface area contributed by atoms with E-state index in [4.69, 9.17) is 0 Å². The molecule has 1 aromatic rings. The maximum absolute atomic E-state index is 11.4. The van der Waals surface area contributed by atoms with Gasteiger partial charge in [0.2, 0.25) is 0 Å². The van der Waals surface area contributed by atoms with E-state index < -0.39 is 0 Å². The molecule has 90 valence electrons. The molecule has 1 heterocycles. The summed E-state index contributed by atoms with van der Waals surface area (Å²) in [6.07, 6.45) is 7.45. The third-order valence-corrected chi connectivity index (χ3v) is 2.69. The molecule has 16 heavy (non-hydrogen) atoms. The van der Waals surface area contributed by atoms with Crippen molar-refractivity contribution in [1.82, 2.24) is 9.55 Å². The molecule has 0 aliphatic rings. The molecule has 4 heteroatoms. The Morgan fingerprint density at radius 2 is 1.88 bits per heavy atom. The van der Waals surface area contributed by atoms with Crippen molar-refractivity contribution in [1.29, 1.82) is 0 Å². The summed E-state index contributed by atoms with van der Waals surface area (Å²) >= 11 is 0. The third kappa shape index (κ3) is 3.68. The van der Waals surface area contributed by atoms with Crippen LogP contribution in [0.1, 0.15) is 44.6 Å². The van der Waals surface area contributed by atoms with Crippen LogP contribution in [0.2, 0.25) is 0 Å². The van der Waals surface area contributed by atoms with Crippen molar-refractivity contribution in [2.24, 2.45) is 0 Å². The van der Waals surface area contributed by atoms with Gasteiger partial charge < -0.3 is 4.57 Å². The fourth-order valence-corrected chi connectivity index (χ4v) is 1.67. The molecule has 0 unspecified atom stereocenters. The largest absolute Gasteiger partial charge is 0.328 e. The summed E-state index contributed by atoms with van der Waals surface area (Å²) in [4.78, 5) is 24.9. The van der Waals surface area contributed by atoms with E-state index in [1.165, 1.54) is 19.3 Å². The van der Waals surface area contributed by atoms with Gasteiger partial charge >= 0.3 is 5.69 Å². The zero-order valence-corrected chi connectivity index (χ0v) is 10.1. The SMILES string of the molecule is CCCCCCCn1cc(C)c(=O)[nH]c1=O. The van der Waals surface area contributed by atoms with Crippen LogP contribution in [-0.4, -0.2) is 9.55 Å². The van der Waals surface area contributed by atoms with Crippen LogP contribution in [0, 0.1) is 6.92 Å². The molecule has 0 aliphatic carbocycles. The molecular formula is C12H20N2O2. The Morgan fingerprint density at radius 1 is 1.19 bits per heavy atom. The predicted octanol–water partition coefficient (Wildman–Crippen LogP) is 1.82. The molecule has 0 saturated carbocycles. The highest BCUT2D eigenvalue weighted by molar-refractivity contribution is 5.00. The van der Waals surface area contributed by atoms with Crippen molar-refractivity contribution in [3.63, 3.8) is 0 Å². The van der Waals surface area contributed by atoms with E-state index in [0.29, 0.717) is 12.1 Å². The van der Waals surface area contributed by atoms with Crippen LogP contribution in [-0.2, 0) is 6.54 Å². The molecule has 0 saturated heterocycles. The van der Waals surface area contributed by atoms with E-state index in [2.05, 4.69) is 11.9 Å². The van der Waals surface area contributed by atoms with Gasteiger partial charge in [0, 0.05) is 18.3 Å². The van der Waals surface area contributed by atoms with E-state index in [1.807, 2.05) is 0 Å². The average molecular weight is 224 g/mol. The van der Waals surface area contributed by atoms with Crippen LogP contribution in [0.15, 0.2) is 15.8 Å². The van der Waals surface area contributed by atoms with Gasteiger partial charge in [-0.1, -0.05) is 32.6 Å². The summed E-state index contributed by atoms with van der Waals surface area (Å²) in [6.45, 7) is 4.59. The van der Waals surface area contributed by atoms with E-state index >= 15 is 0 Å². The first-order valence-electron chi connectivity index (χ1n) is 5.95. The first-order chi connectivity index (χ1) is 7.65. The van der Waals surface area contributed by atoms with Crippen LogP contribution >= 0.6 is 0 Å². The second-order valence-corrected chi connectivity index (χ2v) is 4.18. The minimum absolute atomic E-state index is 0.285. The predicted molar refractivity (Wildman–Crippen MR) is 64.8 cm³/mol. The standard InChI is InChI=1S/C12H20N2O2/c1-3-4-5-6-7-8-14-9-10(2)11(15)13-12(14)16/h9H,3-8H2,1-2H3,(H,13,15,16). The first kappa shape index (κ1) is 12.7. The molecule has 0 aromatic carbocycles. The summed E-state index contributed by atoms with van der Waals surface area (Å²) < 4.78 is 1.59. The Bertz CT molecular complexity index is 431. The first-order valence-corrected chi connectivity index (χ1v) is 5.95. The highest BCUT2D eigenvalue weighted by atomic mass is 16.2. The number of aromatic amines is 1. The molecule has 0 aliphatic heterocycles. The lowest BCUT2D eigenvalue weighted by Crippen LogP contribution is -2.30. The van der Waals surface area contributed by atoms with E-state index in [9.17, 15) is 9.59 Å². The topological polar surface area (TPSA) is 54.9 Å². The molecule has 1 N–H and O–H groups in total. The van der Waals surface area contributed by atoms with Gasteiger partial charge in [-0.3, -0.25) is 9.78 Å². The highest BCUT2D eigenvalue weighted by Crippen LogP contribution is 2.03. The van der Waals surface area contributed by atoms with Gasteiger partial charge in [-0.15, -0.1) is 0 Å². The Kier molecular flexibility index (Phi) is 5.02. The zero-order valence-electron chi connectivity index (χ0n) is 10.1. The molecule has 0 fully saturated rings. The van der Waals surface area contributed by atoms with Gasteiger partial charge in [-0.2, -0.15) is 0 Å². The number of H-pyrrole nitrogens is 1. The van der Waals surface area contributed by atoms with Gasteiger partial charge in [-0.25, -0.2) is 4.79 Å². The zero-order chi connectivity index (χ0) is 12.0. The van der Waals surface area contributed by atoms with Crippen LogP contribution in [0.4, 0.5) is 0 Å². The Morgan fingerprint density at radius 3 is 2.56 bits per heavy atom. The highest BCUT2D eigenvalue weighted by Gasteiger charge is 1.99. The van der Waals surface area contributed by atoms with Crippen LogP contribution in [0.3, 0.4) is 0 Å². The quantitative estimate of drug-likeness (QED) is 0.749. The van der Waals surface area contributed by atoms with Crippen molar-refractivity contribution in [2.45, 2.75) is 52.5 Å². The van der Waals surface area contributed by atoms with Gasteiger partial charge in [-0.05, 0) is 13.3 Å². The number of hydrogen-bond donors (Lipinski definition) is 1. The van der Waals surface area contributed by atoms with Crippen LogP contribution < -0.4 is 11.2 Å². The van der Waals surface area contributed by atoms with E-state index in [-0.39, 0.29) is 11.2 Å². The molecule has 1 aromatic heterocycles. The molecule has 0 spiro atoms. The Balaban J connectivity index is 2.51. The monoisotopic (exact) mass is 224 g/mol. The maximum atomic E-state index is 11.4. The van der Waals surface area contributed by atoms with Crippen molar-refractivity contribution >= 4 is 0 Å². The van der Waals surface area contributed by atoms with Crippen LogP contribution in [0.25, 0.3) is 0 Å². The lowest BCUT2D eigenvalue weighted by molar-refractivity contribution is 0.548. The van der Waals surface area contributed by atoms with Gasteiger partial charge in [0.05, 0.1) is 0 Å². The third-order valence-electron chi connectivity index (χ3n) is 2.69. The number of nitrogens with one attached hydrogen (secondary N) is 1. The number of nitrogens with zero attached hydrogens (tertiary/aromatic N) is 1. The number of rotatable bonds is 6. The van der Waals surface area contributed by atoms with Crippen molar-refractivity contribution in [3.8, 4) is 0 Å². The summed E-state index contributed by atoms with van der Waals surface area (Å²) in [5.74, 6) is 0. The smallest absolute Gasteiger partial charge is 0.300 e. The maximum Gasteiger partial charge on any atom is 0.328 e. The fourth-order valence-electron chi connectivity index (χ4n) is 1.67. The van der Waals surface area contributed by atoms with Gasteiger partial charge in [0.1, 0.15) is 0 Å². The fraction of sp³-hybridized carbons (Fsp3) is 0.667. The van der Waals surface area contributed by atoms with Crippen molar-refractivity contribution < 1.29 is 0 Å². The second-order valence-electron chi connectivity index (χ2n) is 4.18. The van der Waals surface area contributed by atoms with E-state index in [0.717, 1.165) is 12.8 Å². The Hall–Kier alpha value is -1.32. The molecule has 0 atom stereocenters. The number of aromatic nitrogens is 2. The summed E-state index contributed by atoms with van der Waals surface area (Å²) in [6, 6.07) is 0. The van der Waals surface area contributed by atoms with Crippen molar-refractivity contribution in [2.75, 3.05) is 0 Å². The van der Waals surface area contributed by atoms with Crippen molar-refractivity contribution in [3.05, 3.63) is 32.6 Å². The molecule has 4 nitrogen and oxygen atoms in total. The molecule has 1 rings (SSSR count). The number of unbranched alkanes of at least 4 members (excludes halogenated alkanes) is 4. The summed E-state index contributed by atoms with van der Waals surface area (Å²) in [5, 5.41) is 0. The summed E-state index contributed by atoms with van der Waals surface area (Å²) in [7, 11) is 0. The minimum Gasteiger partial charge on any atom is -0.300 e. The van der Waals surface area contributed by atoms with E-state index in [1.54, 1.807) is 17.7 Å². The van der Waals surface area contributed by atoms with Gasteiger partial charge in [0.25, 0.3) is 5.56 Å². The molecular weight excluding hydrogens is 204 g/mol. The lowest BCUT2D eigenvalue weighted by Gasteiger charge is -2.05. The Labute approximate surface area is 95.3 Å². The molecule has 0 amide bonds. The lowest BCUT2D eigenvalue weighted by atomic mass is 10.1. The number of aryl methyl sites for hydroxylation is 2. The number of hydrogen-bond acceptors (Lipinski definition) is 2. The van der Waals surface area contributed by atoms with Gasteiger partial charge in [0.15, 0.2) is 0 Å². The molecule has 0 radical (unpaired) electrons. The molecule has 0 bridgehead atoms. The second kappa shape index (κ2) is 6.30. The summed E-state index contributed by atoms with van der Waals surface area (Å²) in [5.41, 5.74) is 0.00600. The normalized spacial score (nSPS) is 10.6. The van der Waals surface area contributed by atoms with Crippen LogP contribution in [0.5, 0.6) is 0 Å². The minimum atomic E-state index is -0.300.